The third-order valence-electron chi connectivity index (χ3n) is 4.88. The summed E-state index contributed by atoms with van der Waals surface area (Å²) >= 11 is 0. The first kappa shape index (κ1) is 15.8. The van der Waals surface area contributed by atoms with E-state index in [1.807, 2.05) is 0 Å². The molecule has 2 N–H and O–H groups in total. The lowest BCUT2D eigenvalue weighted by Crippen LogP contribution is -2.41. The van der Waals surface area contributed by atoms with E-state index < -0.39 is 15.8 Å². The van der Waals surface area contributed by atoms with Gasteiger partial charge in [0.25, 0.3) is 0 Å². The number of carboxylic acids is 1. The number of carboxylic acid groups (broad SMARTS) is 1. The van der Waals surface area contributed by atoms with Crippen molar-refractivity contribution in [1.82, 2.24) is 5.32 Å². The molecule has 2 aliphatic carbocycles. The van der Waals surface area contributed by atoms with Crippen molar-refractivity contribution in [3.63, 3.8) is 0 Å². The number of sulfone groups is 1. The van der Waals surface area contributed by atoms with Crippen LogP contribution >= 0.6 is 0 Å². The van der Waals surface area contributed by atoms with Gasteiger partial charge in [0.2, 0.25) is 0 Å². The Labute approximate surface area is 121 Å². The molecule has 0 aromatic rings. The molecule has 0 aromatic carbocycles. The third-order valence-corrected chi connectivity index (χ3v) is 6.52. The Morgan fingerprint density at radius 3 is 2.55 bits per heavy atom. The van der Waals surface area contributed by atoms with E-state index in [4.69, 9.17) is 5.11 Å². The monoisotopic (exact) mass is 303 g/mol. The van der Waals surface area contributed by atoms with Crippen LogP contribution in [0.3, 0.4) is 0 Å². The molecule has 2 fully saturated rings. The third kappa shape index (κ3) is 3.95. The van der Waals surface area contributed by atoms with E-state index in [0.717, 1.165) is 38.5 Å². The fourth-order valence-corrected chi connectivity index (χ4v) is 4.82. The topological polar surface area (TPSA) is 83.5 Å². The molecule has 20 heavy (non-hydrogen) atoms. The predicted octanol–water partition coefficient (Wildman–Crippen LogP) is 1.43. The SMILES string of the molecule is CS(=O)(=O)C1CCCC(NCC2CCCC2C(=O)O)C1. The Balaban J connectivity index is 1.83. The van der Waals surface area contributed by atoms with E-state index in [0.29, 0.717) is 13.0 Å². The van der Waals surface area contributed by atoms with Crippen molar-refractivity contribution < 1.29 is 18.3 Å². The highest BCUT2D eigenvalue weighted by molar-refractivity contribution is 7.91. The molecule has 0 bridgehead atoms. The smallest absolute Gasteiger partial charge is 0.306 e. The van der Waals surface area contributed by atoms with Gasteiger partial charge in [-0.3, -0.25) is 4.79 Å². The lowest BCUT2D eigenvalue weighted by molar-refractivity contribution is -0.142. The van der Waals surface area contributed by atoms with Crippen molar-refractivity contribution in [3.8, 4) is 0 Å². The normalized spacial score (nSPS) is 35.0. The summed E-state index contributed by atoms with van der Waals surface area (Å²) in [5, 5.41) is 12.4. The minimum Gasteiger partial charge on any atom is -0.481 e. The molecule has 0 radical (unpaired) electrons. The summed E-state index contributed by atoms with van der Waals surface area (Å²) in [6.07, 6.45) is 7.41. The number of rotatable bonds is 5. The van der Waals surface area contributed by atoms with Crippen LogP contribution in [-0.2, 0) is 14.6 Å². The largest absolute Gasteiger partial charge is 0.481 e. The zero-order valence-corrected chi connectivity index (χ0v) is 12.9. The zero-order chi connectivity index (χ0) is 14.8. The highest BCUT2D eigenvalue weighted by Gasteiger charge is 2.34. The van der Waals surface area contributed by atoms with Crippen LogP contribution in [-0.4, -0.2) is 43.6 Å². The predicted molar refractivity (Wildman–Crippen MR) is 77.4 cm³/mol. The average molecular weight is 303 g/mol. The maximum Gasteiger partial charge on any atom is 0.306 e. The van der Waals surface area contributed by atoms with E-state index in [9.17, 15) is 13.2 Å². The number of carbonyl (C=O) groups is 1. The highest BCUT2D eigenvalue weighted by atomic mass is 32.2. The van der Waals surface area contributed by atoms with Crippen LogP contribution in [0.25, 0.3) is 0 Å². The van der Waals surface area contributed by atoms with Crippen LogP contribution in [0, 0.1) is 11.8 Å². The molecule has 0 aromatic heterocycles. The standard InChI is InChI=1S/C14H25NO4S/c1-20(18,19)12-6-3-5-11(8-12)15-9-10-4-2-7-13(10)14(16)17/h10-13,15H,2-9H2,1H3,(H,16,17). The molecular formula is C14H25NO4S. The summed E-state index contributed by atoms with van der Waals surface area (Å²) in [7, 11) is -2.95. The van der Waals surface area contributed by atoms with Gasteiger partial charge in [-0.15, -0.1) is 0 Å². The number of aliphatic carboxylic acids is 1. The van der Waals surface area contributed by atoms with E-state index >= 15 is 0 Å². The van der Waals surface area contributed by atoms with Crippen molar-refractivity contribution >= 4 is 15.8 Å². The van der Waals surface area contributed by atoms with Gasteiger partial charge >= 0.3 is 5.97 Å². The zero-order valence-electron chi connectivity index (χ0n) is 12.0. The van der Waals surface area contributed by atoms with Gasteiger partial charge in [0.05, 0.1) is 11.2 Å². The fraction of sp³-hybridized carbons (Fsp3) is 0.929. The van der Waals surface area contributed by atoms with Gasteiger partial charge in [-0.25, -0.2) is 8.42 Å². The van der Waals surface area contributed by atoms with Crippen LogP contribution < -0.4 is 5.32 Å². The number of hydrogen-bond donors (Lipinski definition) is 2. The molecule has 0 aliphatic heterocycles. The van der Waals surface area contributed by atoms with Gasteiger partial charge in [0, 0.05) is 12.3 Å². The second kappa shape index (κ2) is 6.43. The quantitative estimate of drug-likeness (QED) is 0.803. The number of nitrogens with one attached hydrogen (secondary N) is 1. The first-order valence-corrected chi connectivity index (χ1v) is 9.48. The van der Waals surface area contributed by atoms with E-state index in [1.54, 1.807) is 0 Å². The van der Waals surface area contributed by atoms with Crippen LogP contribution in [0.1, 0.15) is 44.9 Å². The summed E-state index contributed by atoms with van der Waals surface area (Å²) in [6.45, 7) is 0.706. The van der Waals surface area contributed by atoms with E-state index in [2.05, 4.69) is 5.32 Å². The molecule has 0 heterocycles. The first-order valence-electron chi connectivity index (χ1n) is 7.53. The molecule has 4 atom stereocenters. The second-order valence-electron chi connectivity index (χ2n) is 6.36. The van der Waals surface area contributed by atoms with Crippen LogP contribution in [0.2, 0.25) is 0 Å². The van der Waals surface area contributed by atoms with Crippen LogP contribution in [0.5, 0.6) is 0 Å². The second-order valence-corrected chi connectivity index (χ2v) is 8.68. The molecule has 6 heteroatoms. The Kier molecular flexibility index (Phi) is 5.07. The Hall–Kier alpha value is -0.620. The molecule has 116 valence electrons. The molecule has 0 spiro atoms. The summed E-state index contributed by atoms with van der Waals surface area (Å²) in [5.41, 5.74) is 0. The van der Waals surface area contributed by atoms with Gasteiger partial charge in [-0.05, 0) is 44.6 Å². The van der Waals surface area contributed by atoms with Gasteiger partial charge < -0.3 is 10.4 Å². The van der Waals surface area contributed by atoms with Crippen LogP contribution in [0.4, 0.5) is 0 Å². The lowest BCUT2D eigenvalue weighted by Gasteiger charge is -2.30. The fourth-order valence-electron chi connectivity index (χ4n) is 3.64. The Morgan fingerprint density at radius 2 is 1.90 bits per heavy atom. The van der Waals surface area contributed by atoms with Crippen molar-refractivity contribution in [2.45, 2.75) is 56.2 Å². The van der Waals surface area contributed by atoms with Gasteiger partial charge in [0.1, 0.15) is 9.84 Å². The summed E-state index contributed by atoms with van der Waals surface area (Å²) in [4.78, 5) is 11.1. The maximum absolute atomic E-state index is 11.6. The molecule has 0 saturated heterocycles. The van der Waals surface area contributed by atoms with E-state index in [-0.39, 0.29) is 23.1 Å². The minimum atomic E-state index is -2.95. The molecule has 2 rings (SSSR count). The van der Waals surface area contributed by atoms with Crippen molar-refractivity contribution in [2.24, 2.45) is 11.8 Å². The summed E-state index contributed by atoms with van der Waals surface area (Å²) < 4.78 is 23.3. The molecular weight excluding hydrogens is 278 g/mol. The van der Waals surface area contributed by atoms with Crippen molar-refractivity contribution in [1.29, 1.82) is 0 Å². The molecule has 5 nitrogen and oxygen atoms in total. The first-order chi connectivity index (χ1) is 9.38. The van der Waals surface area contributed by atoms with Gasteiger partial charge in [-0.1, -0.05) is 12.8 Å². The lowest BCUT2D eigenvalue weighted by atomic mass is 9.92. The Morgan fingerprint density at radius 1 is 1.20 bits per heavy atom. The maximum atomic E-state index is 11.6. The van der Waals surface area contributed by atoms with Gasteiger partial charge in [-0.2, -0.15) is 0 Å². The van der Waals surface area contributed by atoms with Crippen molar-refractivity contribution in [2.75, 3.05) is 12.8 Å². The minimum absolute atomic E-state index is 0.200. The highest BCUT2D eigenvalue weighted by Crippen LogP contribution is 2.32. The average Bonchev–Trinajstić information content (AvgIpc) is 2.84. The molecule has 0 amide bonds. The summed E-state index contributed by atoms with van der Waals surface area (Å²) in [6, 6.07) is 0.221. The van der Waals surface area contributed by atoms with Crippen molar-refractivity contribution in [3.05, 3.63) is 0 Å². The van der Waals surface area contributed by atoms with E-state index in [1.165, 1.54) is 6.26 Å². The molecule has 4 unspecified atom stereocenters. The molecule has 2 saturated carbocycles. The van der Waals surface area contributed by atoms with Crippen LogP contribution in [0.15, 0.2) is 0 Å². The number of hydrogen-bond acceptors (Lipinski definition) is 4. The molecule has 2 aliphatic rings. The summed E-state index contributed by atoms with van der Waals surface area (Å²) in [5.74, 6) is -0.713. The van der Waals surface area contributed by atoms with Gasteiger partial charge in [0.15, 0.2) is 0 Å². The Bertz CT molecular complexity index is 448.